The number of aryl methyl sites for hydroxylation is 1. The second-order valence-corrected chi connectivity index (χ2v) is 5.17. The van der Waals surface area contributed by atoms with Crippen molar-refractivity contribution in [2.45, 2.75) is 25.8 Å². The molecule has 8 heteroatoms. The molecule has 0 fully saturated rings. The standard InChI is InChI=1S/C15H16ClN3O4/c1-9-11(14(16)23-19-9)5-6-12(20)18-13(15(21)22-2)10-4-3-7-17-8-10/h3-4,7-8,13H,5-6H2,1-2H3,(H,18,20). The second-order valence-electron chi connectivity index (χ2n) is 4.83. The van der Waals surface area contributed by atoms with Crippen LogP contribution in [0.4, 0.5) is 0 Å². The molecule has 2 aromatic rings. The van der Waals surface area contributed by atoms with Gasteiger partial charge in [0.25, 0.3) is 0 Å². The number of hydrogen-bond donors (Lipinski definition) is 1. The summed E-state index contributed by atoms with van der Waals surface area (Å²) in [6, 6.07) is 2.47. The molecule has 1 unspecified atom stereocenters. The lowest BCUT2D eigenvalue weighted by molar-refractivity contribution is -0.145. The third kappa shape index (κ3) is 4.29. The third-order valence-electron chi connectivity index (χ3n) is 3.30. The van der Waals surface area contributed by atoms with Crippen LogP contribution in [0.15, 0.2) is 29.0 Å². The van der Waals surface area contributed by atoms with E-state index >= 15 is 0 Å². The first kappa shape index (κ1) is 17.0. The monoisotopic (exact) mass is 337 g/mol. The van der Waals surface area contributed by atoms with Gasteiger partial charge in [-0.2, -0.15) is 0 Å². The van der Waals surface area contributed by atoms with Crippen LogP contribution in [0.2, 0.25) is 5.22 Å². The fraction of sp³-hybridized carbons (Fsp3) is 0.333. The summed E-state index contributed by atoms with van der Waals surface area (Å²) >= 11 is 5.86. The molecule has 0 radical (unpaired) electrons. The van der Waals surface area contributed by atoms with E-state index in [4.69, 9.17) is 20.9 Å². The number of rotatable bonds is 6. The first-order valence-corrected chi connectivity index (χ1v) is 7.28. The van der Waals surface area contributed by atoms with Crippen LogP contribution in [0.25, 0.3) is 0 Å². The molecule has 0 aromatic carbocycles. The van der Waals surface area contributed by atoms with Crippen molar-refractivity contribution >= 4 is 23.5 Å². The summed E-state index contributed by atoms with van der Waals surface area (Å²) in [4.78, 5) is 28.0. The van der Waals surface area contributed by atoms with Gasteiger partial charge >= 0.3 is 5.97 Å². The quantitative estimate of drug-likeness (QED) is 0.810. The summed E-state index contributed by atoms with van der Waals surface area (Å²) in [6.07, 6.45) is 3.58. The SMILES string of the molecule is COC(=O)C(NC(=O)CCc1c(C)noc1Cl)c1cccnc1. The molecule has 1 atom stereocenters. The van der Waals surface area contributed by atoms with E-state index in [1.807, 2.05) is 0 Å². The molecule has 0 spiro atoms. The van der Waals surface area contributed by atoms with Crippen LogP contribution in [0, 0.1) is 6.92 Å². The summed E-state index contributed by atoms with van der Waals surface area (Å²) in [5.41, 5.74) is 1.87. The molecule has 23 heavy (non-hydrogen) atoms. The molecule has 2 aromatic heterocycles. The van der Waals surface area contributed by atoms with E-state index < -0.39 is 12.0 Å². The largest absolute Gasteiger partial charge is 0.467 e. The number of hydrogen-bond acceptors (Lipinski definition) is 6. The van der Waals surface area contributed by atoms with E-state index in [1.165, 1.54) is 13.3 Å². The van der Waals surface area contributed by atoms with Crippen LogP contribution in [-0.4, -0.2) is 29.1 Å². The fourth-order valence-electron chi connectivity index (χ4n) is 2.05. The summed E-state index contributed by atoms with van der Waals surface area (Å²) in [6.45, 7) is 1.75. The first-order chi connectivity index (χ1) is 11.0. The van der Waals surface area contributed by atoms with Crippen LogP contribution in [-0.2, 0) is 20.7 Å². The second kappa shape index (κ2) is 7.73. The maximum absolute atomic E-state index is 12.1. The van der Waals surface area contributed by atoms with Gasteiger partial charge in [-0.1, -0.05) is 11.2 Å². The van der Waals surface area contributed by atoms with Crippen molar-refractivity contribution in [3.8, 4) is 0 Å². The summed E-state index contributed by atoms with van der Waals surface area (Å²) < 4.78 is 9.56. The maximum Gasteiger partial charge on any atom is 0.333 e. The number of amides is 1. The minimum Gasteiger partial charge on any atom is -0.467 e. The van der Waals surface area contributed by atoms with Gasteiger partial charge in [-0.25, -0.2) is 4.79 Å². The van der Waals surface area contributed by atoms with E-state index in [1.54, 1.807) is 25.3 Å². The molecule has 7 nitrogen and oxygen atoms in total. The first-order valence-electron chi connectivity index (χ1n) is 6.90. The predicted molar refractivity (Wildman–Crippen MR) is 81.7 cm³/mol. The Labute approximate surface area is 138 Å². The highest BCUT2D eigenvalue weighted by Gasteiger charge is 2.24. The van der Waals surface area contributed by atoms with Crippen LogP contribution in [0.3, 0.4) is 0 Å². The van der Waals surface area contributed by atoms with Gasteiger partial charge in [-0.3, -0.25) is 9.78 Å². The number of aromatic nitrogens is 2. The summed E-state index contributed by atoms with van der Waals surface area (Å²) in [7, 11) is 1.26. The van der Waals surface area contributed by atoms with Gasteiger partial charge in [0.15, 0.2) is 6.04 Å². The van der Waals surface area contributed by atoms with Crippen LogP contribution >= 0.6 is 11.6 Å². The highest BCUT2D eigenvalue weighted by atomic mass is 35.5. The topological polar surface area (TPSA) is 94.3 Å². The normalized spacial score (nSPS) is 11.8. The minimum absolute atomic E-state index is 0.134. The molecule has 1 N–H and O–H groups in total. The van der Waals surface area contributed by atoms with Crippen molar-refractivity contribution in [2.24, 2.45) is 0 Å². The van der Waals surface area contributed by atoms with Crippen molar-refractivity contribution in [1.29, 1.82) is 0 Å². The summed E-state index contributed by atoms with van der Waals surface area (Å²) in [5.74, 6) is -0.883. The zero-order valence-corrected chi connectivity index (χ0v) is 13.5. The highest BCUT2D eigenvalue weighted by Crippen LogP contribution is 2.21. The van der Waals surface area contributed by atoms with Crippen LogP contribution in [0.1, 0.15) is 29.3 Å². The van der Waals surface area contributed by atoms with Gasteiger partial charge in [0.2, 0.25) is 11.1 Å². The Morgan fingerprint density at radius 3 is 2.83 bits per heavy atom. The van der Waals surface area contributed by atoms with Crippen molar-refractivity contribution in [2.75, 3.05) is 7.11 Å². The van der Waals surface area contributed by atoms with E-state index in [2.05, 4.69) is 15.5 Å². The average molecular weight is 338 g/mol. The Morgan fingerprint density at radius 2 is 2.26 bits per heavy atom. The third-order valence-corrected chi connectivity index (χ3v) is 3.60. The fourth-order valence-corrected chi connectivity index (χ4v) is 2.32. The van der Waals surface area contributed by atoms with Crippen molar-refractivity contribution in [3.05, 3.63) is 46.6 Å². The van der Waals surface area contributed by atoms with Crippen LogP contribution in [0.5, 0.6) is 0 Å². The van der Waals surface area contributed by atoms with Gasteiger partial charge in [-0.15, -0.1) is 0 Å². The number of halogens is 1. The van der Waals surface area contributed by atoms with Crippen molar-refractivity contribution in [3.63, 3.8) is 0 Å². The van der Waals surface area contributed by atoms with E-state index in [-0.39, 0.29) is 17.5 Å². The molecular formula is C15H16ClN3O4. The number of esters is 1. The lowest BCUT2D eigenvalue weighted by atomic mass is 10.1. The molecule has 2 rings (SSSR count). The van der Waals surface area contributed by atoms with Gasteiger partial charge in [0.1, 0.15) is 0 Å². The Hall–Kier alpha value is -2.41. The number of pyridine rings is 1. The molecule has 0 aliphatic heterocycles. The number of nitrogens with zero attached hydrogens (tertiary/aromatic N) is 2. The molecule has 2 heterocycles. The number of ether oxygens (including phenoxy) is 1. The lowest BCUT2D eigenvalue weighted by Crippen LogP contribution is -2.34. The molecule has 0 saturated heterocycles. The molecular weight excluding hydrogens is 322 g/mol. The van der Waals surface area contributed by atoms with Crippen molar-refractivity contribution < 1.29 is 18.8 Å². The van der Waals surface area contributed by atoms with E-state index in [0.717, 1.165) is 0 Å². The molecule has 1 amide bonds. The van der Waals surface area contributed by atoms with Crippen LogP contribution < -0.4 is 5.32 Å². The Kier molecular flexibility index (Phi) is 5.70. The van der Waals surface area contributed by atoms with E-state index in [9.17, 15) is 9.59 Å². The zero-order valence-electron chi connectivity index (χ0n) is 12.7. The highest BCUT2D eigenvalue weighted by molar-refractivity contribution is 6.29. The Morgan fingerprint density at radius 1 is 1.48 bits per heavy atom. The molecule has 0 saturated carbocycles. The number of methoxy groups -OCH3 is 1. The molecule has 122 valence electrons. The van der Waals surface area contributed by atoms with Gasteiger partial charge in [0, 0.05) is 29.9 Å². The maximum atomic E-state index is 12.1. The average Bonchev–Trinajstić information content (AvgIpc) is 2.89. The lowest BCUT2D eigenvalue weighted by Gasteiger charge is -2.16. The van der Waals surface area contributed by atoms with Gasteiger partial charge < -0.3 is 14.6 Å². The number of carbonyl (C=O) groups excluding carboxylic acids is 2. The van der Waals surface area contributed by atoms with E-state index in [0.29, 0.717) is 23.2 Å². The van der Waals surface area contributed by atoms with Crippen molar-refractivity contribution in [1.82, 2.24) is 15.5 Å². The molecule has 0 aliphatic carbocycles. The van der Waals surface area contributed by atoms with Gasteiger partial charge in [-0.05, 0) is 31.0 Å². The zero-order chi connectivity index (χ0) is 16.8. The smallest absolute Gasteiger partial charge is 0.333 e. The molecule has 0 aliphatic rings. The molecule has 0 bridgehead atoms. The summed E-state index contributed by atoms with van der Waals surface area (Å²) in [5, 5.41) is 6.53. The Balaban J connectivity index is 2.02. The van der Waals surface area contributed by atoms with Gasteiger partial charge in [0.05, 0.1) is 12.8 Å². The number of nitrogens with one attached hydrogen (secondary N) is 1. The minimum atomic E-state index is -0.903. The Bertz CT molecular complexity index is 668. The predicted octanol–water partition coefficient (Wildman–Crippen LogP) is 1.99. The number of carbonyl (C=O) groups is 2.